The van der Waals surface area contributed by atoms with Gasteiger partial charge in [0.15, 0.2) is 0 Å². The Morgan fingerprint density at radius 1 is 1.37 bits per heavy atom. The van der Waals surface area contributed by atoms with Crippen molar-refractivity contribution in [3.63, 3.8) is 0 Å². The van der Waals surface area contributed by atoms with Crippen molar-refractivity contribution >= 4 is 5.97 Å². The Balaban J connectivity index is 1.91. The van der Waals surface area contributed by atoms with Crippen LogP contribution in [-0.4, -0.2) is 11.6 Å². The van der Waals surface area contributed by atoms with Crippen LogP contribution in [0.2, 0.25) is 0 Å². The molecule has 3 rings (SSSR count). The minimum atomic E-state index is -0.356. The van der Waals surface area contributed by atoms with E-state index in [-0.39, 0.29) is 11.6 Å². The molecule has 4 unspecified atom stereocenters. The monoisotopic (exact) mass is 262 g/mol. The zero-order valence-electron chi connectivity index (χ0n) is 12.7. The lowest BCUT2D eigenvalue weighted by Gasteiger charge is -2.46. The van der Waals surface area contributed by atoms with Gasteiger partial charge in [0.25, 0.3) is 0 Å². The van der Waals surface area contributed by atoms with Crippen molar-refractivity contribution in [3.05, 3.63) is 12.2 Å². The number of hydrogen-bond acceptors (Lipinski definition) is 2. The van der Waals surface area contributed by atoms with Gasteiger partial charge in [0.05, 0.1) is 0 Å². The summed E-state index contributed by atoms with van der Waals surface area (Å²) in [6.07, 6.45) is 5.12. The van der Waals surface area contributed by atoms with Gasteiger partial charge in [-0.05, 0) is 62.7 Å². The molecule has 2 nitrogen and oxygen atoms in total. The first-order valence-electron chi connectivity index (χ1n) is 7.65. The topological polar surface area (TPSA) is 26.3 Å². The molecule has 0 radical (unpaired) electrons. The molecule has 0 spiro atoms. The lowest BCUT2D eigenvalue weighted by Crippen LogP contribution is -2.45. The summed E-state index contributed by atoms with van der Waals surface area (Å²) in [7, 11) is 0. The van der Waals surface area contributed by atoms with Crippen LogP contribution in [0, 0.1) is 29.1 Å². The highest BCUT2D eigenvalue weighted by Gasteiger charge is 2.64. The molecule has 4 bridgehead atoms. The number of carbonyl (C=O) groups is 1. The minimum absolute atomic E-state index is 0.160. The number of esters is 1. The van der Waals surface area contributed by atoms with Gasteiger partial charge in [-0.3, -0.25) is 4.79 Å². The predicted molar refractivity (Wildman–Crippen MR) is 75.5 cm³/mol. The van der Waals surface area contributed by atoms with Gasteiger partial charge in [-0.25, -0.2) is 0 Å². The van der Waals surface area contributed by atoms with Gasteiger partial charge in [-0.1, -0.05) is 19.1 Å². The smallest absolute Gasteiger partial charge is 0.303 e. The van der Waals surface area contributed by atoms with Gasteiger partial charge in [0, 0.05) is 12.8 Å². The van der Waals surface area contributed by atoms with Crippen molar-refractivity contribution in [3.8, 4) is 0 Å². The Bertz CT molecular complexity index is 437. The number of ether oxygens (including phenoxy) is 1. The summed E-state index contributed by atoms with van der Waals surface area (Å²) in [6, 6.07) is 0. The lowest BCUT2D eigenvalue weighted by molar-refractivity contribution is -0.164. The summed E-state index contributed by atoms with van der Waals surface area (Å²) in [5, 5.41) is 0. The Labute approximate surface area is 116 Å². The second-order valence-electron chi connectivity index (χ2n) is 7.69. The Morgan fingerprint density at radius 2 is 2.05 bits per heavy atom. The van der Waals surface area contributed by atoms with Crippen LogP contribution in [0.15, 0.2) is 12.2 Å². The third-order valence-electron chi connectivity index (χ3n) is 6.45. The molecule has 106 valence electrons. The molecule has 0 aromatic heterocycles. The molecule has 0 N–H and O–H groups in total. The molecule has 3 aliphatic rings. The van der Waals surface area contributed by atoms with E-state index in [9.17, 15) is 4.79 Å². The highest BCUT2D eigenvalue weighted by Crippen LogP contribution is 2.70. The van der Waals surface area contributed by atoms with Gasteiger partial charge >= 0.3 is 5.97 Å². The van der Waals surface area contributed by atoms with Crippen LogP contribution >= 0.6 is 0 Å². The summed E-state index contributed by atoms with van der Waals surface area (Å²) in [6.45, 7) is 12.6. The summed E-state index contributed by atoms with van der Waals surface area (Å²) in [4.78, 5) is 11.4. The molecule has 0 aliphatic heterocycles. The van der Waals surface area contributed by atoms with Gasteiger partial charge in [0.2, 0.25) is 0 Å². The maximum Gasteiger partial charge on any atom is 0.303 e. The highest BCUT2D eigenvalue weighted by atomic mass is 16.6. The molecule has 3 fully saturated rings. The second-order valence-corrected chi connectivity index (χ2v) is 7.69. The molecule has 19 heavy (non-hydrogen) atoms. The molecule has 3 saturated carbocycles. The molecule has 0 heterocycles. The van der Waals surface area contributed by atoms with Crippen molar-refractivity contribution in [1.82, 2.24) is 0 Å². The zero-order valence-corrected chi connectivity index (χ0v) is 12.7. The SMILES string of the molecule is C=C1C2C3CCC1C3(C)CC[C@@H]2C(C)(C)OC(C)=O. The van der Waals surface area contributed by atoms with Gasteiger partial charge in [0.1, 0.15) is 5.60 Å². The quantitative estimate of drug-likeness (QED) is 0.556. The van der Waals surface area contributed by atoms with Crippen LogP contribution in [0.4, 0.5) is 0 Å². The maximum atomic E-state index is 11.4. The second kappa shape index (κ2) is 3.86. The van der Waals surface area contributed by atoms with Crippen molar-refractivity contribution in [2.75, 3.05) is 0 Å². The Morgan fingerprint density at radius 3 is 2.68 bits per heavy atom. The molecule has 0 saturated heterocycles. The van der Waals surface area contributed by atoms with E-state index in [2.05, 4.69) is 27.4 Å². The third kappa shape index (κ3) is 1.64. The van der Waals surface area contributed by atoms with E-state index in [0.29, 0.717) is 17.3 Å². The maximum absolute atomic E-state index is 11.4. The van der Waals surface area contributed by atoms with Gasteiger partial charge < -0.3 is 4.74 Å². The number of carbonyl (C=O) groups excluding carboxylic acids is 1. The van der Waals surface area contributed by atoms with E-state index in [1.54, 1.807) is 0 Å². The average Bonchev–Trinajstić information content (AvgIpc) is 2.66. The fraction of sp³-hybridized carbons (Fsp3) is 0.824. The summed E-state index contributed by atoms with van der Waals surface area (Å²) in [5.41, 5.74) is 1.59. The normalized spacial score (nSPS) is 44.5. The summed E-state index contributed by atoms with van der Waals surface area (Å²) < 4.78 is 5.64. The van der Waals surface area contributed by atoms with Crippen molar-refractivity contribution < 1.29 is 9.53 Å². The van der Waals surface area contributed by atoms with Crippen LogP contribution in [0.3, 0.4) is 0 Å². The molecular formula is C17H26O2. The van der Waals surface area contributed by atoms with E-state index in [0.717, 1.165) is 11.8 Å². The molecular weight excluding hydrogens is 236 g/mol. The van der Waals surface area contributed by atoms with Crippen LogP contribution in [0.1, 0.15) is 53.4 Å². The largest absolute Gasteiger partial charge is 0.460 e. The first-order valence-corrected chi connectivity index (χ1v) is 7.65. The molecule has 2 heteroatoms. The van der Waals surface area contributed by atoms with Crippen molar-refractivity contribution in [2.24, 2.45) is 29.1 Å². The molecule has 0 aromatic carbocycles. The van der Waals surface area contributed by atoms with Crippen LogP contribution in [0.25, 0.3) is 0 Å². The minimum Gasteiger partial charge on any atom is -0.460 e. The lowest BCUT2D eigenvalue weighted by atomic mass is 9.61. The summed E-state index contributed by atoms with van der Waals surface area (Å²) >= 11 is 0. The van der Waals surface area contributed by atoms with Crippen LogP contribution < -0.4 is 0 Å². The van der Waals surface area contributed by atoms with Gasteiger partial charge in [-0.2, -0.15) is 0 Å². The Hall–Kier alpha value is -0.790. The molecule has 3 aliphatic carbocycles. The van der Waals surface area contributed by atoms with Crippen molar-refractivity contribution in [2.45, 2.75) is 59.0 Å². The molecule has 5 atom stereocenters. The first kappa shape index (κ1) is 13.2. The van der Waals surface area contributed by atoms with Crippen LogP contribution in [0.5, 0.6) is 0 Å². The van der Waals surface area contributed by atoms with E-state index in [4.69, 9.17) is 4.74 Å². The van der Waals surface area contributed by atoms with Crippen LogP contribution in [-0.2, 0) is 9.53 Å². The fourth-order valence-corrected chi connectivity index (χ4v) is 5.72. The van der Waals surface area contributed by atoms with Crippen molar-refractivity contribution in [1.29, 1.82) is 0 Å². The predicted octanol–water partition coefficient (Wildman–Crippen LogP) is 3.96. The zero-order chi connectivity index (χ0) is 14.0. The molecule has 0 amide bonds. The highest BCUT2D eigenvalue weighted by molar-refractivity contribution is 5.66. The average molecular weight is 262 g/mol. The van der Waals surface area contributed by atoms with E-state index < -0.39 is 0 Å². The molecule has 0 aromatic rings. The first-order chi connectivity index (χ1) is 8.77. The third-order valence-corrected chi connectivity index (χ3v) is 6.45. The number of allylic oxidation sites excluding steroid dienone is 1. The van der Waals surface area contributed by atoms with E-state index in [1.807, 2.05) is 0 Å². The number of hydrogen-bond donors (Lipinski definition) is 0. The summed E-state index contributed by atoms with van der Waals surface area (Å²) in [5.74, 6) is 2.37. The van der Waals surface area contributed by atoms with E-state index >= 15 is 0 Å². The van der Waals surface area contributed by atoms with E-state index in [1.165, 1.54) is 38.2 Å². The van der Waals surface area contributed by atoms with Gasteiger partial charge in [-0.15, -0.1) is 0 Å². The standard InChI is InChI=1S/C17H26O2/c1-10-12-6-7-14-15(10)13(8-9-17(12,14)5)16(3,4)19-11(2)18/h12-15H,1,6-9H2,2-5H3/t12?,13-,14?,15?,17?/m0/s1. The Kier molecular flexibility index (Phi) is 2.69. The fourth-order valence-electron chi connectivity index (χ4n) is 5.72. The number of rotatable bonds is 2.